The highest BCUT2D eigenvalue weighted by Gasteiger charge is 2.19. The number of likely N-dealkylation sites (N-methyl/N-ethyl adjacent to an activating group) is 1. The first kappa shape index (κ1) is 18.5. The van der Waals surface area contributed by atoms with Crippen LogP contribution in [0.2, 0.25) is 5.02 Å². The molecule has 3 amide bonds. The summed E-state index contributed by atoms with van der Waals surface area (Å²) in [4.78, 5) is 24.6. The van der Waals surface area contributed by atoms with Crippen LogP contribution in [-0.2, 0) is 4.79 Å². The zero-order valence-corrected chi connectivity index (χ0v) is 14.7. The van der Waals surface area contributed by atoms with Crippen molar-refractivity contribution >= 4 is 23.5 Å². The van der Waals surface area contributed by atoms with Gasteiger partial charge in [-0.2, -0.15) is 0 Å². The van der Waals surface area contributed by atoms with Crippen LogP contribution in [0.15, 0.2) is 24.3 Å². The Morgan fingerprint density at radius 2 is 1.92 bits per heavy atom. The molecule has 0 bridgehead atoms. The monoisotopic (exact) mass is 354 g/mol. The summed E-state index contributed by atoms with van der Waals surface area (Å²) in [6.45, 7) is 1.36. The number of amides is 3. The molecule has 0 saturated heterocycles. The van der Waals surface area contributed by atoms with Gasteiger partial charge in [0.05, 0.1) is 7.05 Å². The molecule has 7 heteroatoms. The van der Waals surface area contributed by atoms with Crippen LogP contribution in [0.5, 0.6) is 5.75 Å². The molecule has 1 unspecified atom stereocenters. The molecule has 0 aliphatic heterocycles. The fourth-order valence-corrected chi connectivity index (χ4v) is 2.82. The molecule has 1 aromatic rings. The first-order chi connectivity index (χ1) is 11.5. The molecule has 6 nitrogen and oxygen atoms in total. The topological polar surface area (TPSA) is 71.9 Å². The number of quaternary nitrogens is 1. The van der Waals surface area contributed by atoms with Crippen LogP contribution in [0.25, 0.3) is 0 Å². The molecule has 3 N–H and O–H groups in total. The van der Waals surface area contributed by atoms with Gasteiger partial charge in [0.1, 0.15) is 18.9 Å². The van der Waals surface area contributed by atoms with Crippen molar-refractivity contribution in [3.05, 3.63) is 29.3 Å². The van der Waals surface area contributed by atoms with Gasteiger partial charge < -0.3 is 15.0 Å². The van der Waals surface area contributed by atoms with Crippen LogP contribution in [0.3, 0.4) is 0 Å². The summed E-state index contributed by atoms with van der Waals surface area (Å²) in [6.07, 6.45) is 4.27. The summed E-state index contributed by atoms with van der Waals surface area (Å²) < 4.78 is 5.59. The van der Waals surface area contributed by atoms with E-state index in [0.717, 1.165) is 36.3 Å². The second kappa shape index (κ2) is 9.49. The minimum Gasteiger partial charge on any atom is -0.488 e. The molecular weight excluding hydrogens is 330 g/mol. The van der Waals surface area contributed by atoms with Gasteiger partial charge >= 0.3 is 6.03 Å². The number of hydrogen-bond donors (Lipinski definition) is 3. The lowest BCUT2D eigenvalue weighted by Crippen LogP contribution is -3.10. The number of halogens is 1. The van der Waals surface area contributed by atoms with Crippen molar-refractivity contribution < 1.29 is 19.2 Å². The minimum absolute atomic E-state index is 0.204. The van der Waals surface area contributed by atoms with Crippen LogP contribution in [-0.4, -0.2) is 44.7 Å². The van der Waals surface area contributed by atoms with Gasteiger partial charge in [0.2, 0.25) is 0 Å². The maximum absolute atomic E-state index is 11.9. The van der Waals surface area contributed by atoms with Crippen molar-refractivity contribution in [1.29, 1.82) is 0 Å². The Morgan fingerprint density at radius 1 is 1.25 bits per heavy atom. The van der Waals surface area contributed by atoms with E-state index in [1.807, 2.05) is 7.05 Å². The van der Waals surface area contributed by atoms with Crippen LogP contribution >= 0.6 is 11.6 Å². The third-order valence-electron chi connectivity index (χ3n) is 4.02. The summed E-state index contributed by atoms with van der Waals surface area (Å²) in [7, 11) is 1.89. The maximum Gasteiger partial charge on any atom is 0.321 e. The standard InChI is InChI=1S/C17H24ClN3O3/c1-21(10-11-24-15-8-6-13(18)7-9-15)12-16(22)20-17(23)19-14-4-2-3-5-14/h6-9,14H,2-5,10-12H2,1H3,(H2,19,20,22,23)/p+1. The number of nitrogens with one attached hydrogen (secondary N) is 3. The highest BCUT2D eigenvalue weighted by Crippen LogP contribution is 2.17. The van der Waals surface area contributed by atoms with Gasteiger partial charge in [-0.25, -0.2) is 4.79 Å². The molecule has 24 heavy (non-hydrogen) atoms. The van der Waals surface area contributed by atoms with Crippen LogP contribution < -0.4 is 20.3 Å². The fourth-order valence-electron chi connectivity index (χ4n) is 2.70. The Kier molecular flexibility index (Phi) is 7.34. The zero-order chi connectivity index (χ0) is 17.4. The maximum atomic E-state index is 11.9. The number of benzene rings is 1. The van der Waals surface area contributed by atoms with Crippen molar-refractivity contribution in [1.82, 2.24) is 10.6 Å². The average Bonchev–Trinajstić information content (AvgIpc) is 3.01. The van der Waals surface area contributed by atoms with Crippen molar-refractivity contribution in [3.63, 3.8) is 0 Å². The second-order valence-corrected chi connectivity index (χ2v) is 6.63. The van der Waals surface area contributed by atoms with Gasteiger partial charge in [0.15, 0.2) is 6.54 Å². The van der Waals surface area contributed by atoms with Gasteiger partial charge in [0, 0.05) is 11.1 Å². The number of carbonyl (C=O) groups excluding carboxylic acids is 2. The van der Waals surface area contributed by atoms with Gasteiger partial charge in [-0.3, -0.25) is 10.1 Å². The van der Waals surface area contributed by atoms with E-state index in [9.17, 15) is 9.59 Å². The van der Waals surface area contributed by atoms with E-state index in [0.29, 0.717) is 18.2 Å². The predicted molar refractivity (Wildman–Crippen MR) is 92.5 cm³/mol. The zero-order valence-electron chi connectivity index (χ0n) is 13.9. The number of imide groups is 1. The summed E-state index contributed by atoms with van der Waals surface area (Å²) in [5, 5.41) is 5.89. The Labute approximate surface area is 147 Å². The highest BCUT2D eigenvalue weighted by atomic mass is 35.5. The molecule has 1 aliphatic carbocycles. The number of carbonyl (C=O) groups is 2. The van der Waals surface area contributed by atoms with Gasteiger partial charge in [-0.1, -0.05) is 24.4 Å². The minimum atomic E-state index is -0.392. The Morgan fingerprint density at radius 3 is 2.58 bits per heavy atom. The van der Waals surface area contributed by atoms with Crippen molar-refractivity contribution in [3.8, 4) is 5.75 Å². The van der Waals surface area contributed by atoms with E-state index in [1.54, 1.807) is 24.3 Å². The fraction of sp³-hybridized carbons (Fsp3) is 0.529. The van der Waals surface area contributed by atoms with Gasteiger partial charge in [0.25, 0.3) is 5.91 Å². The molecule has 1 fully saturated rings. The Balaban J connectivity index is 1.60. The van der Waals surface area contributed by atoms with Crippen LogP contribution in [0, 0.1) is 0 Å². The lowest BCUT2D eigenvalue weighted by Gasteiger charge is -2.15. The molecule has 0 aromatic heterocycles. The third-order valence-corrected chi connectivity index (χ3v) is 4.27. The molecular formula is C17H25ClN3O3+. The largest absolute Gasteiger partial charge is 0.488 e. The average molecular weight is 355 g/mol. The Bertz CT molecular complexity index is 545. The normalized spacial score (nSPS) is 15.8. The summed E-state index contributed by atoms with van der Waals surface area (Å²) in [5.41, 5.74) is 0. The predicted octanol–water partition coefficient (Wildman–Crippen LogP) is 1.00. The molecule has 0 radical (unpaired) electrons. The third kappa shape index (κ3) is 6.76. The van der Waals surface area contributed by atoms with Crippen molar-refractivity contribution in [2.75, 3.05) is 26.7 Å². The van der Waals surface area contributed by atoms with E-state index >= 15 is 0 Å². The van der Waals surface area contributed by atoms with E-state index in [4.69, 9.17) is 16.3 Å². The van der Waals surface area contributed by atoms with E-state index in [2.05, 4.69) is 10.6 Å². The Hall–Kier alpha value is -1.79. The summed E-state index contributed by atoms with van der Waals surface area (Å²) in [6, 6.07) is 6.95. The first-order valence-electron chi connectivity index (χ1n) is 8.33. The smallest absolute Gasteiger partial charge is 0.321 e. The molecule has 1 aromatic carbocycles. The number of hydrogen-bond acceptors (Lipinski definition) is 3. The summed E-state index contributed by atoms with van der Waals surface area (Å²) >= 11 is 5.81. The SMILES string of the molecule is C[NH+](CCOc1ccc(Cl)cc1)CC(=O)NC(=O)NC1CCCC1. The first-order valence-corrected chi connectivity index (χ1v) is 8.71. The lowest BCUT2D eigenvalue weighted by molar-refractivity contribution is -0.871. The molecule has 0 spiro atoms. The highest BCUT2D eigenvalue weighted by molar-refractivity contribution is 6.30. The van der Waals surface area contributed by atoms with Crippen molar-refractivity contribution in [2.45, 2.75) is 31.7 Å². The van der Waals surface area contributed by atoms with Gasteiger partial charge in [-0.15, -0.1) is 0 Å². The second-order valence-electron chi connectivity index (χ2n) is 6.19. The molecule has 1 atom stereocenters. The molecule has 132 valence electrons. The summed E-state index contributed by atoms with van der Waals surface area (Å²) in [5.74, 6) is 0.460. The molecule has 2 rings (SSSR count). The van der Waals surface area contributed by atoms with Crippen LogP contribution in [0.1, 0.15) is 25.7 Å². The number of ether oxygens (including phenoxy) is 1. The van der Waals surface area contributed by atoms with E-state index in [-0.39, 0.29) is 18.5 Å². The molecule has 0 heterocycles. The number of rotatable bonds is 7. The molecule has 1 aliphatic rings. The van der Waals surface area contributed by atoms with Crippen molar-refractivity contribution in [2.24, 2.45) is 0 Å². The quantitative estimate of drug-likeness (QED) is 0.684. The number of urea groups is 1. The van der Waals surface area contributed by atoms with E-state index < -0.39 is 6.03 Å². The lowest BCUT2D eigenvalue weighted by atomic mass is 10.2. The van der Waals surface area contributed by atoms with Crippen LogP contribution in [0.4, 0.5) is 4.79 Å². The molecule has 1 saturated carbocycles. The van der Waals surface area contributed by atoms with E-state index in [1.165, 1.54) is 0 Å². The van der Waals surface area contributed by atoms with Gasteiger partial charge in [-0.05, 0) is 37.1 Å².